The summed E-state index contributed by atoms with van der Waals surface area (Å²) in [6.07, 6.45) is 6.87. The minimum absolute atomic E-state index is 0.00175. The number of esters is 1. The molecule has 3 heterocycles. The van der Waals surface area contributed by atoms with E-state index in [-0.39, 0.29) is 295 Å². The van der Waals surface area contributed by atoms with Crippen molar-refractivity contribution < 1.29 is 168 Å². The van der Waals surface area contributed by atoms with Crippen molar-refractivity contribution in [2.24, 2.45) is 5.73 Å². The van der Waals surface area contributed by atoms with Crippen molar-refractivity contribution in [3.8, 4) is 5.75 Å². The van der Waals surface area contributed by atoms with Crippen molar-refractivity contribution in [1.82, 2.24) is 83.6 Å². The van der Waals surface area contributed by atoms with Gasteiger partial charge in [-0.25, -0.2) is 10.0 Å². The number of hydrazine groups is 1. The number of hydrogen-bond donors (Lipinski definition) is 16. The highest BCUT2D eigenvalue weighted by atomic mass is 16.5. The van der Waals surface area contributed by atoms with Crippen molar-refractivity contribution in [1.29, 1.82) is 0 Å². The summed E-state index contributed by atoms with van der Waals surface area (Å²) < 4.78 is 49.5. The average Bonchev–Trinajstić information content (AvgIpc) is 1.78. The Labute approximate surface area is 850 Å². The van der Waals surface area contributed by atoms with Gasteiger partial charge in [0, 0.05) is 174 Å². The zero-order valence-corrected chi connectivity index (χ0v) is 83.3. The normalized spacial score (nSPS) is 16.0. The Hall–Kier alpha value is -13.5. The van der Waals surface area contributed by atoms with Gasteiger partial charge in [-0.3, -0.25) is 115 Å². The number of nitrogens with zero attached hydrogens (tertiary/aromatic N) is 4. The van der Waals surface area contributed by atoms with Crippen molar-refractivity contribution >= 4 is 142 Å². The number of ether oxygens (including phenoxy) is 9. The monoisotopic (exact) mass is 2090 g/mol. The number of unbranched alkanes of at least 4 members (excludes halogenated alkanes) is 2. The molecule has 0 bridgehead atoms. The summed E-state index contributed by atoms with van der Waals surface area (Å²) in [6.45, 7) is 1.92. The smallest absolute Gasteiger partial charge is 0.373 e. The van der Waals surface area contributed by atoms with Gasteiger partial charge in [0.05, 0.1) is 85.0 Å². The second-order valence-corrected chi connectivity index (χ2v) is 33.3. The van der Waals surface area contributed by atoms with Crippen LogP contribution in [0, 0.1) is 0 Å². The number of carbonyl (C=O) groups excluding carboxylic acids is 22. The third-order valence-electron chi connectivity index (χ3n) is 21.0. The van der Waals surface area contributed by atoms with Gasteiger partial charge in [-0.1, -0.05) is 19.4 Å². The molecule has 3 aliphatic rings. The molecule has 0 spiro atoms. The van der Waals surface area contributed by atoms with Crippen molar-refractivity contribution in [2.75, 3.05) is 203 Å². The largest absolute Gasteiger partial charge is 0.481 e. The van der Waals surface area contributed by atoms with E-state index in [1.54, 1.807) is 12.1 Å². The van der Waals surface area contributed by atoms with Crippen LogP contribution in [0.4, 0.5) is 5.69 Å². The molecule has 820 valence electrons. The fourth-order valence-electron chi connectivity index (χ4n) is 13.7. The van der Waals surface area contributed by atoms with Crippen LogP contribution < -0.4 is 79.6 Å². The van der Waals surface area contributed by atoms with E-state index in [0.717, 1.165) is 36.3 Å². The van der Waals surface area contributed by atoms with Crippen molar-refractivity contribution in [3.05, 3.63) is 48.1 Å². The number of carboxylic acid groups (broad SMARTS) is 2. The SMILES string of the molecule is CCC[C@@H](N)Cc1ccc2c(c1)NC(=O)CCCNC(=O)[C@H](CCCCNC(=O)CCCOCCOCCNC(=O)CCCOCCOCCNC(=O)CC(=O)O)NC(=O)CCCNC(=O)CN(C(=O)CN1C(=O)C=CC1=O)N(C(=O)CN1C(=O)C=CC1=O)CC(=O)NCCCC(=O)N[C@@H](CCCCNC(=O)CCCOCCOCCNC(=O)CCCOCCOCCNC(=O)CC(=O)O)C(=O)NCCCC(=O)O2.O=C=O. The number of nitrogens with one attached hydrogen (secondary N) is 13. The molecule has 0 saturated carbocycles. The molecular formula is C94H144N18O35. The number of imide groups is 2. The van der Waals surface area contributed by atoms with Gasteiger partial charge in [0.25, 0.3) is 35.4 Å². The van der Waals surface area contributed by atoms with Gasteiger partial charge in [-0.15, -0.1) is 0 Å². The molecule has 53 heteroatoms. The fraction of sp³-hybridized carbons (Fsp3) is 0.649. The molecule has 147 heavy (non-hydrogen) atoms. The zero-order valence-electron chi connectivity index (χ0n) is 83.3. The van der Waals surface area contributed by atoms with Gasteiger partial charge < -0.3 is 128 Å². The molecule has 0 aliphatic carbocycles. The van der Waals surface area contributed by atoms with Crippen LogP contribution in [0.3, 0.4) is 0 Å². The summed E-state index contributed by atoms with van der Waals surface area (Å²) >= 11 is 0. The molecule has 1 aromatic rings. The minimum Gasteiger partial charge on any atom is -0.481 e. The molecule has 3 atom stereocenters. The van der Waals surface area contributed by atoms with Crippen LogP contribution in [-0.2, 0) is 159 Å². The Bertz CT molecular complexity index is 4440. The first-order valence-electron chi connectivity index (χ1n) is 49.1. The summed E-state index contributed by atoms with van der Waals surface area (Å²) in [6, 6.07) is 2.25. The van der Waals surface area contributed by atoms with Gasteiger partial charge >= 0.3 is 24.1 Å². The van der Waals surface area contributed by atoms with E-state index in [2.05, 4.69) is 69.1 Å². The number of carboxylic acids is 2. The Balaban J connectivity index is 0.0000183. The lowest BCUT2D eigenvalue weighted by Gasteiger charge is -2.35. The highest BCUT2D eigenvalue weighted by Gasteiger charge is 2.37. The second-order valence-electron chi connectivity index (χ2n) is 33.3. The number of amides is 19. The average molecular weight is 2090 g/mol. The minimum atomic E-state index is -1.29. The lowest BCUT2D eigenvalue weighted by molar-refractivity contribution is -0.192. The molecule has 0 saturated heterocycles. The summed E-state index contributed by atoms with van der Waals surface area (Å²) in [5.74, 6) is -17.0. The van der Waals surface area contributed by atoms with E-state index in [9.17, 15) is 105 Å². The number of rotatable bonds is 62. The first kappa shape index (κ1) is 128. The van der Waals surface area contributed by atoms with Crippen LogP contribution in [0.25, 0.3) is 0 Å². The maximum Gasteiger partial charge on any atom is 0.373 e. The molecule has 1 aromatic carbocycles. The van der Waals surface area contributed by atoms with E-state index in [1.807, 2.05) is 6.92 Å². The van der Waals surface area contributed by atoms with E-state index in [1.165, 1.54) is 6.07 Å². The van der Waals surface area contributed by atoms with Crippen LogP contribution in [0.5, 0.6) is 5.75 Å². The van der Waals surface area contributed by atoms with E-state index in [4.69, 9.17) is 68.2 Å². The Morgan fingerprint density at radius 1 is 0.415 bits per heavy atom. The van der Waals surface area contributed by atoms with Crippen LogP contribution in [0.1, 0.15) is 179 Å². The standard InChI is InChI=1S/C93H144N18O33.CO2/c1-2-15-67(94)58-66-26-27-71-70(59-66)107-78(118)20-9-36-103-92(134)68(16-3-5-32-95-72(112)21-11-42-136-50-54-140-46-38-99-74(114)23-13-44-138-52-56-142-48-40-101-79(119)60-89(129)130)105-76(116)18-7-34-97-81(121)62-110(87(127)64-108-83(123)28-29-84(108)124)111(88(128)65-109-85(125)30-31-86(109)126)63-82(122)98-35-8-19-77(117)106-69(93(135)104-37-10-25-91(133)144-71)17-4-6-33-96-73(113)22-12-43-137-51-55-141-47-39-100-75(115)24-14-45-139-53-57-143-49-41-102-80(120)61-90(131)132;2-1-3/h26-31,59,67-69H,2-25,32-58,60-65,94H2,1H3,(H,95,112)(H,96,113)(H,97,121)(H,98,122)(H,99,114)(H,100,115)(H,101,119)(H,102,120)(H,103,134)(H,104,135)(H,105,116)(H,106,117)(H,107,118)(H,129,130)(H,131,132);/t67-,68+,69+;/m1./s1. The maximum absolute atomic E-state index is 14.4. The molecule has 0 unspecified atom stereocenters. The maximum atomic E-state index is 14.4. The van der Waals surface area contributed by atoms with Crippen LogP contribution in [-0.4, -0.2) is 382 Å². The first-order valence-corrected chi connectivity index (χ1v) is 49.1. The summed E-state index contributed by atoms with van der Waals surface area (Å²) in [4.78, 5) is 302. The first-order chi connectivity index (χ1) is 70.7. The van der Waals surface area contributed by atoms with E-state index in [0.29, 0.717) is 97.2 Å². The summed E-state index contributed by atoms with van der Waals surface area (Å²) in [7, 11) is 0. The molecule has 0 fully saturated rings. The van der Waals surface area contributed by atoms with Gasteiger partial charge in [0.15, 0.2) is 5.75 Å². The molecule has 0 radical (unpaired) electrons. The predicted octanol–water partition coefficient (Wildman–Crippen LogP) is -4.15. The number of anilines is 1. The Morgan fingerprint density at radius 2 is 0.741 bits per heavy atom. The number of fused-ring (bicyclic) bond motifs is 1. The Morgan fingerprint density at radius 3 is 1.10 bits per heavy atom. The predicted molar refractivity (Wildman–Crippen MR) is 514 cm³/mol. The second kappa shape index (κ2) is 79.7. The third-order valence-corrected chi connectivity index (χ3v) is 21.0. The topological polar surface area (TPSA) is 729 Å². The number of hydrogen-bond acceptors (Lipinski definition) is 34. The molecule has 3 aliphatic heterocycles. The zero-order chi connectivity index (χ0) is 108. The molecule has 0 aromatic heterocycles. The molecule has 19 amide bonds. The van der Waals surface area contributed by atoms with Crippen LogP contribution in [0.15, 0.2) is 42.5 Å². The number of carbonyl (C=O) groups is 22. The molecule has 17 N–H and O–H groups in total. The molecular weight excluding hydrogens is 1940 g/mol. The van der Waals surface area contributed by atoms with Gasteiger partial charge in [-0.2, -0.15) is 9.59 Å². The highest BCUT2D eigenvalue weighted by molar-refractivity contribution is 6.15. The van der Waals surface area contributed by atoms with Crippen LogP contribution >= 0.6 is 0 Å². The lowest BCUT2D eigenvalue weighted by atomic mass is 10.0. The number of aliphatic carboxylic acids is 2. The van der Waals surface area contributed by atoms with Gasteiger partial charge in [-0.05, 0) is 120 Å². The van der Waals surface area contributed by atoms with Gasteiger partial charge in [0.2, 0.25) is 76.8 Å². The quantitative estimate of drug-likeness (QED) is 0.00968. The number of nitrogens with two attached hydrogens (primary N) is 1. The third kappa shape index (κ3) is 63.5. The van der Waals surface area contributed by atoms with E-state index >= 15 is 0 Å². The summed E-state index contributed by atoms with van der Waals surface area (Å²) in [5, 5.41) is 52.8. The molecule has 4 rings (SSSR count). The van der Waals surface area contributed by atoms with Crippen LogP contribution in [0.2, 0.25) is 0 Å². The molecule has 53 nitrogen and oxygen atoms in total. The highest BCUT2D eigenvalue weighted by Crippen LogP contribution is 2.28. The number of benzene rings is 1. The lowest BCUT2D eigenvalue weighted by Crippen LogP contribution is -2.60. The van der Waals surface area contributed by atoms with Crippen molar-refractivity contribution in [3.63, 3.8) is 0 Å². The Kier molecular flexibility index (Phi) is 69.2. The van der Waals surface area contributed by atoms with Gasteiger partial charge in [0.1, 0.15) is 51.1 Å². The fourth-order valence-corrected chi connectivity index (χ4v) is 13.7. The van der Waals surface area contributed by atoms with Crippen molar-refractivity contribution in [2.45, 2.75) is 198 Å². The summed E-state index contributed by atoms with van der Waals surface area (Å²) in [5.41, 5.74) is 7.28. The van der Waals surface area contributed by atoms with E-state index < -0.39 is 158 Å².